The fraction of sp³-hybridized carbons (Fsp3) is 0.0714. The summed E-state index contributed by atoms with van der Waals surface area (Å²) in [5, 5.41) is 10.3. The van der Waals surface area contributed by atoms with Gasteiger partial charge in [0.25, 0.3) is 0 Å². The van der Waals surface area contributed by atoms with E-state index in [-0.39, 0.29) is 5.75 Å². The van der Waals surface area contributed by atoms with E-state index in [1.807, 2.05) is 25.1 Å². The lowest BCUT2D eigenvalue weighted by Gasteiger charge is -2.01. The van der Waals surface area contributed by atoms with Gasteiger partial charge in [0, 0.05) is 16.3 Å². The molecule has 0 aliphatic carbocycles. The summed E-state index contributed by atoms with van der Waals surface area (Å²) in [5.41, 5.74) is 2.41. The molecule has 1 N–H and O–H groups in total. The average Bonchev–Trinajstić information content (AvgIpc) is 2.32. The van der Waals surface area contributed by atoms with Crippen LogP contribution in [0, 0.1) is 6.92 Å². The Kier molecular flexibility index (Phi) is 4.04. The Bertz CT molecular complexity index is 611. The summed E-state index contributed by atoms with van der Waals surface area (Å²) in [5.74, 6) is 0.185. The lowest BCUT2D eigenvalue weighted by Crippen LogP contribution is -1.82. The minimum Gasteiger partial charge on any atom is -0.507 e. The summed E-state index contributed by atoms with van der Waals surface area (Å²) in [6.07, 6.45) is 1.59. The third-order valence-electron chi connectivity index (χ3n) is 2.44. The van der Waals surface area contributed by atoms with Gasteiger partial charge in [0.1, 0.15) is 5.75 Å². The number of benzene rings is 2. The number of rotatable bonds is 2. The maximum atomic E-state index is 9.68. The third kappa shape index (κ3) is 3.12. The summed E-state index contributed by atoms with van der Waals surface area (Å²) >= 11 is 9.43. The lowest BCUT2D eigenvalue weighted by atomic mass is 10.2. The first-order chi connectivity index (χ1) is 8.56. The van der Waals surface area contributed by atoms with E-state index in [1.54, 1.807) is 24.4 Å². The Balaban J connectivity index is 2.32. The van der Waals surface area contributed by atoms with E-state index < -0.39 is 0 Å². The van der Waals surface area contributed by atoms with Crippen LogP contribution in [0.15, 0.2) is 45.9 Å². The highest BCUT2D eigenvalue weighted by Gasteiger charge is 2.01. The van der Waals surface area contributed by atoms with Gasteiger partial charge in [0.15, 0.2) is 0 Å². The summed E-state index contributed by atoms with van der Waals surface area (Å²) in [6, 6.07) is 10.8. The predicted octanol–water partition coefficient (Wildman–Crippen LogP) is 4.87. The minimum absolute atomic E-state index is 0.185. The number of hydrogen-bond acceptors (Lipinski definition) is 2. The molecule has 18 heavy (non-hydrogen) atoms. The van der Waals surface area contributed by atoms with Crippen molar-refractivity contribution in [3.05, 3.63) is 57.0 Å². The summed E-state index contributed by atoms with van der Waals surface area (Å²) < 4.78 is 0.886. The number of phenols is 1. The molecule has 0 unspecified atom stereocenters. The molecule has 0 fully saturated rings. The maximum absolute atomic E-state index is 9.68. The lowest BCUT2D eigenvalue weighted by molar-refractivity contribution is 0.474. The number of aryl methyl sites for hydroxylation is 1. The zero-order valence-electron chi connectivity index (χ0n) is 9.69. The zero-order valence-corrected chi connectivity index (χ0v) is 12.0. The third-order valence-corrected chi connectivity index (χ3v) is 3.23. The standard InChI is InChI=1S/C14H11BrClNO/c1-9-2-4-13(12(16)6-9)17-8-10-7-11(15)3-5-14(10)18/h2-8,18H,1H3. The van der Waals surface area contributed by atoms with Crippen LogP contribution in [0.25, 0.3) is 0 Å². The van der Waals surface area contributed by atoms with Crippen molar-refractivity contribution in [2.75, 3.05) is 0 Å². The summed E-state index contributed by atoms with van der Waals surface area (Å²) in [6.45, 7) is 1.97. The fourth-order valence-electron chi connectivity index (χ4n) is 1.48. The van der Waals surface area contributed by atoms with E-state index >= 15 is 0 Å². The highest BCUT2D eigenvalue weighted by Crippen LogP contribution is 2.26. The number of nitrogens with zero attached hydrogens (tertiary/aromatic N) is 1. The molecule has 0 aromatic heterocycles. The van der Waals surface area contributed by atoms with Crippen molar-refractivity contribution in [2.24, 2.45) is 4.99 Å². The van der Waals surface area contributed by atoms with Crippen molar-refractivity contribution in [1.29, 1.82) is 0 Å². The van der Waals surface area contributed by atoms with Gasteiger partial charge in [-0.05, 0) is 42.8 Å². The van der Waals surface area contributed by atoms with Crippen molar-refractivity contribution in [3.63, 3.8) is 0 Å². The second-order valence-electron chi connectivity index (χ2n) is 3.92. The number of aliphatic imine (C=N–C) groups is 1. The molecule has 2 rings (SSSR count). The van der Waals surface area contributed by atoms with Gasteiger partial charge in [0.05, 0.1) is 10.7 Å². The molecule has 2 nitrogen and oxygen atoms in total. The largest absolute Gasteiger partial charge is 0.507 e. The molecule has 2 aromatic rings. The van der Waals surface area contributed by atoms with E-state index in [9.17, 15) is 5.11 Å². The van der Waals surface area contributed by atoms with E-state index in [4.69, 9.17) is 11.6 Å². The SMILES string of the molecule is Cc1ccc(N=Cc2cc(Br)ccc2O)c(Cl)c1. The van der Waals surface area contributed by atoms with Crippen LogP contribution in [-0.4, -0.2) is 11.3 Å². The topological polar surface area (TPSA) is 32.6 Å². The van der Waals surface area contributed by atoms with Gasteiger partial charge in [-0.1, -0.05) is 33.6 Å². The van der Waals surface area contributed by atoms with Crippen LogP contribution in [0.2, 0.25) is 5.02 Å². The van der Waals surface area contributed by atoms with Crippen LogP contribution < -0.4 is 0 Å². The van der Waals surface area contributed by atoms with Gasteiger partial charge in [-0.25, -0.2) is 0 Å². The van der Waals surface area contributed by atoms with Crippen molar-refractivity contribution >= 4 is 39.4 Å². The maximum Gasteiger partial charge on any atom is 0.124 e. The molecular weight excluding hydrogens is 314 g/mol. The Morgan fingerprint density at radius 2 is 2.00 bits per heavy atom. The van der Waals surface area contributed by atoms with Gasteiger partial charge in [0.2, 0.25) is 0 Å². The highest BCUT2D eigenvalue weighted by atomic mass is 79.9. The van der Waals surface area contributed by atoms with Crippen molar-refractivity contribution in [1.82, 2.24) is 0 Å². The second kappa shape index (κ2) is 5.55. The molecule has 0 saturated carbocycles. The molecular formula is C14H11BrClNO. The number of hydrogen-bond donors (Lipinski definition) is 1. The molecule has 0 atom stereocenters. The number of aromatic hydroxyl groups is 1. The van der Waals surface area contributed by atoms with Gasteiger partial charge in [-0.15, -0.1) is 0 Å². The Morgan fingerprint density at radius 1 is 1.22 bits per heavy atom. The monoisotopic (exact) mass is 323 g/mol. The first kappa shape index (κ1) is 13.1. The van der Waals surface area contributed by atoms with Gasteiger partial charge < -0.3 is 5.11 Å². The first-order valence-corrected chi connectivity index (χ1v) is 6.52. The van der Waals surface area contributed by atoms with Crippen molar-refractivity contribution in [2.45, 2.75) is 6.92 Å². The Labute approximate surface area is 119 Å². The molecule has 0 heterocycles. The zero-order chi connectivity index (χ0) is 13.1. The summed E-state index contributed by atoms with van der Waals surface area (Å²) in [4.78, 5) is 4.28. The molecule has 92 valence electrons. The van der Waals surface area contributed by atoms with Crippen molar-refractivity contribution < 1.29 is 5.11 Å². The van der Waals surface area contributed by atoms with Crippen LogP contribution in [0.4, 0.5) is 5.69 Å². The van der Waals surface area contributed by atoms with E-state index in [1.165, 1.54) is 0 Å². The van der Waals surface area contributed by atoms with Crippen LogP contribution >= 0.6 is 27.5 Å². The Hall–Kier alpha value is -1.32. The van der Waals surface area contributed by atoms with Crippen molar-refractivity contribution in [3.8, 4) is 5.75 Å². The molecule has 4 heteroatoms. The van der Waals surface area contributed by atoms with Crippen LogP contribution in [0.1, 0.15) is 11.1 Å². The average molecular weight is 325 g/mol. The molecule has 0 aliphatic heterocycles. The molecule has 0 aliphatic rings. The van der Waals surface area contributed by atoms with Crippen LogP contribution in [0.3, 0.4) is 0 Å². The molecule has 0 saturated heterocycles. The quantitative estimate of drug-likeness (QED) is 0.786. The van der Waals surface area contributed by atoms with Gasteiger partial charge in [-0.2, -0.15) is 0 Å². The van der Waals surface area contributed by atoms with Crippen LogP contribution in [0.5, 0.6) is 5.75 Å². The molecule has 0 amide bonds. The molecule has 0 spiro atoms. The number of halogens is 2. The summed E-state index contributed by atoms with van der Waals surface area (Å²) in [7, 11) is 0. The number of phenolic OH excluding ortho intramolecular Hbond substituents is 1. The van der Waals surface area contributed by atoms with E-state index in [2.05, 4.69) is 20.9 Å². The molecule has 0 bridgehead atoms. The fourth-order valence-corrected chi connectivity index (χ4v) is 2.15. The van der Waals surface area contributed by atoms with Gasteiger partial charge >= 0.3 is 0 Å². The van der Waals surface area contributed by atoms with Gasteiger partial charge in [-0.3, -0.25) is 4.99 Å². The highest BCUT2D eigenvalue weighted by molar-refractivity contribution is 9.10. The van der Waals surface area contributed by atoms with E-state index in [0.29, 0.717) is 16.3 Å². The predicted molar refractivity (Wildman–Crippen MR) is 79.2 cm³/mol. The minimum atomic E-state index is 0.185. The van der Waals surface area contributed by atoms with Crippen LogP contribution in [-0.2, 0) is 0 Å². The molecule has 2 aromatic carbocycles. The Morgan fingerprint density at radius 3 is 2.72 bits per heavy atom. The first-order valence-electron chi connectivity index (χ1n) is 5.35. The van der Waals surface area contributed by atoms with E-state index in [0.717, 1.165) is 10.0 Å². The molecule has 0 radical (unpaired) electrons. The smallest absolute Gasteiger partial charge is 0.124 e. The second-order valence-corrected chi connectivity index (χ2v) is 5.24. The normalized spacial score (nSPS) is 11.1.